The maximum absolute atomic E-state index is 9.23. The Morgan fingerprint density at radius 2 is 1.94 bits per heavy atom. The molecule has 3 nitrogen and oxygen atoms in total. The molecular weight excluding hydrogens is 200 g/mol. The molecular formula is C13H22N2O. The van der Waals surface area contributed by atoms with Crippen molar-refractivity contribution in [3.8, 4) is 0 Å². The molecule has 90 valence electrons. The van der Waals surface area contributed by atoms with Crippen LogP contribution in [-0.2, 0) is 0 Å². The number of likely N-dealkylation sites (N-methyl/N-ethyl adjacent to an activating group) is 1. The minimum absolute atomic E-state index is 0.0812. The van der Waals surface area contributed by atoms with Gasteiger partial charge in [-0.2, -0.15) is 0 Å². The van der Waals surface area contributed by atoms with Crippen LogP contribution in [0.15, 0.2) is 30.3 Å². The van der Waals surface area contributed by atoms with E-state index in [0.29, 0.717) is 6.54 Å². The summed E-state index contributed by atoms with van der Waals surface area (Å²) in [7, 11) is 2.00. The van der Waals surface area contributed by atoms with Crippen molar-refractivity contribution >= 4 is 0 Å². The van der Waals surface area contributed by atoms with E-state index in [-0.39, 0.29) is 12.1 Å². The van der Waals surface area contributed by atoms with Crippen molar-refractivity contribution in [2.45, 2.75) is 25.5 Å². The maximum atomic E-state index is 9.23. The Bertz CT molecular complexity index is 287. The second kappa shape index (κ2) is 6.63. The van der Waals surface area contributed by atoms with Crippen LogP contribution < -0.4 is 5.73 Å². The molecule has 0 aliphatic rings. The van der Waals surface area contributed by atoms with E-state index in [1.807, 2.05) is 25.2 Å². The fraction of sp³-hybridized carbons (Fsp3) is 0.538. The molecule has 0 saturated carbocycles. The minimum atomic E-state index is -0.280. The highest BCUT2D eigenvalue weighted by molar-refractivity contribution is 5.18. The van der Waals surface area contributed by atoms with Gasteiger partial charge in [0.05, 0.1) is 6.10 Å². The van der Waals surface area contributed by atoms with Crippen LogP contribution in [0.4, 0.5) is 0 Å². The highest BCUT2D eigenvalue weighted by Crippen LogP contribution is 2.13. The first-order chi connectivity index (χ1) is 7.59. The first-order valence-electron chi connectivity index (χ1n) is 5.76. The molecule has 1 rings (SSSR count). The zero-order valence-corrected chi connectivity index (χ0v) is 10.1. The lowest BCUT2D eigenvalue weighted by atomic mass is 10.0. The van der Waals surface area contributed by atoms with Crippen LogP contribution in [0.2, 0.25) is 0 Å². The Hall–Kier alpha value is -0.900. The molecule has 0 fully saturated rings. The fourth-order valence-corrected chi connectivity index (χ4v) is 1.77. The molecule has 3 heteroatoms. The number of aliphatic hydroxyl groups excluding tert-OH is 1. The van der Waals surface area contributed by atoms with E-state index in [1.165, 1.54) is 5.56 Å². The van der Waals surface area contributed by atoms with Gasteiger partial charge in [-0.3, -0.25) is 0 Å². The van der Waals surface area contributed by atoms with Crippen molar-refractivity contribution in [2.24, 2.45) is 5.73 Å². The van der Waals surface area contributed by atoms with Crippen molar-refractivity contribution in [3.63, 3.8) is 0 Å². The monoisotopic (exact) mass is 222 g/mol. The average molecular weight is 222 g/mol. The van der Waals surface area contributed by atoms with Crippen molar-refractivity contribution in [3.05, 3.63) is 35.9 Å². The Morgan fingerprint density at radius 1 is 1.31 bits per heavy atom. The summed E-state index contributed by atoms with van der Waals surface area (Å²) >= 11 is 0. The number of hydrogen-bond acceptors (Lipinski definition) is 3. The Balaban J connectivity index is 2.33. The summed E-state index contributed by atoms with van der Waals surface area (Å²) in [6.45, 7) is 3.40. The molecule has 0 amide bonds. The van der Waals surface area contributed by atoms with Gasteiger partial charge in [0.15, 0.2) is 0 Å². The minimum Gasteiger partial charge on any atom is -0.392 e. The molecule has 1 aromatic rings. The van der Waals surface area contributed by atoms with Crippen LogP contribution in [0, 0.1) is 0 Å². The second-order valence-electron chi connectivity index (χ2n) is 4.42. The van der Waals surface area contributed by atoms with Crippen LogP contribution in [0.3, 0.4) is 0 Å². The van der Waals surface area contributed by atoms with Crippen molar-refractivity contribution in [1.29, 1.82) is 0 Å². The number of hydrogen-bond donors (Lipinski definition) is 2. The van der Waals surface area contributed by atoms with Crippen molar-refractivity contribution < 1.29 is 5.11 Å². The molecule has 2 unspecified atom stereocenters. The molecule has 0 aliphatic heterocycles. The average Bonchev–Trinajstić information content (AvgIpc) is 2.26. The Morgan fingerprint density at radius 3 is 2.50 bits per heavy atom. The lowest BCUT2D eigenvalue weighted by molar-refractivity contribution is 0.139. The molecule has 0 bridgehead atoms. The highest BCUT2D eigenvalue weighted by atomic mass is 16.3. The Kier molecular flexibility index (Phi) is 5.46. The van der Waals surface area contributed by atoms with Crippen LogP contribution in [0.1, 0.15) is 24.9 Å². The van der Waals surface area contributed by atoms with E-state index >= 15 is 0 Å². The van der Waals surface area contributed by atoms with Gasteiger partial charge in [-0.1, -0.05) is 30.3 Å². The number of nitrogens with two attached hydrogens (primary N) is 1. The van der Waals surface area contributed by atoms with E-state index in [9.17, 15) is 5.11 Å². The predicted octanol–water partition coefficient (Wildman–Crippen LogP) is 1.39. The second-order valence-corrected chi connectivity index (χ2v) is 4.42. The van der Waals surface area contributed by atoms with Gasteiger partial charge in [-0.25, -0.2) is 0 Å². The number of aliphatic hydroxyl groups is 1. The van der Waals surface area contributed by atoms with Crippen LogP contribution in [0.25, 0.3) is 0 Å². The van der Waals surface area contributed by atoms with Gasteiger partial charge in [0.25, 0.3) is 0 Å². The van der Waals surface area contributed by atoms with Gasteiger partial charge < -0.3 is 15.7 Å². The topological polar surface area (TPSA) is 49.5 Å². The standard InChI is InChI=1S/C13H22N2O/c1-11(16)10-15(2)9-8-13(14)12-6-4-3-5-7-12/h3-7,11,13,16H,8-10,14H2,1-2H3. The third-order valence-corrected chi connectivity index (χ3v) is 2.63. The van der Waals surface area contributed by atoms with Crippen LogP contribution >= 0.6 is 0 Å². The van der Waals surface area contributed by atoms with Gasteiger partial charge in [-0.15, -0.1) is 0 Å². The van der Waals surface area contributed by atoms with Gasteiger partial charge in [0.2, 0.25) is 0 Å². The predicted molar refractivity (Wildman–Crippen MR) is 67.2 cm³/mol. The molecule has 0 aliphatic carbocycles. The summed E-state index contributed by atoms with van der Waals surface area (Å²) in [6, 6.07) is 10.2. The molecule has 0 saturated heterocycles. The quantitative estimate of drug-likeness (QED) is 0.764. The normalized spacial score (nSPS) is 15.1. The SMILES string of the molecule is CC(O)CN(C)CCC(N)c1ccccc1. The summed E-state index contributed by atoms with van der Waals surface area (Å²) in [6.07, 6.45) is 0.630. The van der Waals surface area contributed by atoms with Crippen molar-refractivity contribution in [2.75, 3.05) is 20.1 Å². The highest BCUT2D eigenvalue weighted by Gasteiger charge is 2.08. The molecule has 1 aromatic carbocycles. The van der Waals surface area contributed by atoms with Crippen molar-refractivity contribution in [1.82, 2.24) is 4.90 Å². The summed E-state index contributed by atoms with van der Waals surface area (Å²) in [5, 5.41) is 9.23. The first kappa shape index (κ1) is 13.2. The Labute approximate surface area is 97.9 Å². The van der Waals surface area contributed by atoms with Gasteiger partial charge in [-0.05, 0) is 32.5 Å². The van der Waals surface area contributed by atoms with Gasteiger partial charge in [0, 0.05) is 12.6 Å². The molecule has 2 atom stereocenters. The number of rotatable bonds is 6. The molecule has 0 spiro atoms. The fourth-order valence-electron chi connectivity index (χ4n) is 1.77. The van der Waals surface area contributed by atoms with E-state index in [2.05, 4.69) is 17.0 Å². The lowest BCUT2D eigenvalue weighted by Gasteiger charge is -2.20. The summed E-state index contributed by atoms with van der Waals surface area (Å²) in [4.78, 5) is 2.10. The first-order valence-corrected chi connectivity index (χ1v) is 5.76. The number of nitrogens with zero attached hydrogens (tertiary/aromatic N) is 1. The molecule has 0 aromatic heterocycles. The van der Waals surface area contributed by atoms with E-state index in [4.69, 9.17) is 5.73 Å². The molecule has 0 radical (unpaired) electrons. The lowest BCUT2D eigenvalue weighted by Crippen LogP contribution is -2.30. The van der Waals surface area contributed by atoms with Gasteiger partial charge in [0.1, 0.15) is 0 Å². The summed E-state index contributed by atoms with van der Waals surface area (Å²) < 4.78 is 0. The van der Waals surface area contributed by atoms with E-state index in [1.54, 1.807) is 6.92 Å². The smallest absolute Gasteiger partial charge is 0.0638 e. The summed E-state index contributed by atoms with van der Waals surface area (Å²) in [5.41, 5.74) is 7.26. The molecule has 3 N–H and O–H groups in total. The maximum Gasteiger partial charge on any atom is 0.0638 e. The van der Waals surface area contributed by atoms with E-state index < -0.39 is 0 Å². The van der Waals surface area contributed by atoms with E-state index in [0.717, 1.165) is 13.0 Å². The molecule has 0 heterocycles. The molecule has 16 heavy (non-hydrogen) atoms. The van der Waals surface area contributed by atoms with Gasteiger partial charge >= 0.3 is 0 Å². The third-order valence-electron chi connectivity index (χ3n) is 2.63. The van der Waals surface area contributed by atoms with Crippen LogP contribution in [-0.4, -0.2) is 36.2 Å². The zero-order valence-electron chi connectivity index (χ0n) is 10.1. The summed E-state index contributed by atoms with van der Waals surface area (Å²) in [5.74, 6) is 0. The van der Waals surface area contributed by atoms with Crippen LogP contribution in [0.5, 0.6) is 0 Å². The largest absolute Gasteiger partial charge is 0.392 e. The third kappa shape index (κ3) is 4.75. The number of benzene rings is 1. The zero-order chi connectivity index (χ0) is 12.0.